The number of rotatable bonds is 2. The first-order chi connectivity index (χ1) is 7.29. The molecule has 1 aromatic rings. The van der Waals surface area contributed by atoms with Crippen LogP contribution in [0.3, 0.4) is 0 Å². The highest BCUT2D eigenvalue weighted by molar-refractivity contribution is 5.49. The first-order valence-electron chi connectivity index (χ1n) is 5.16. The summed E-state index contributed by atoms with van der Waals surface area (Å²) in [7, 11) is 0. The Morgan fingerprint density at radius 2 is 2.07 bits per heavy atom. The summed E-state index contributed by atoms with van der Waals surface area (Å²) in [6.07, 6.45) is 2.75. The van der Waals surface area contributed by atoms with Crippen LogP contribution in [0.25, 0.3) is 0 Å². The molecule has 1 aliphatic heterocycles. The van der Waals surface area contributed by atoms with Crippen molar-refractivity contribution in [1.82, 2.24) is 9.88 Å². The zero-order chi connectivity index (χ0) is 10.7. The second kappa shape index (κ2) is 4.29. The second-order valence-corrected chi connectivity index (χ2v) is 3.82. The lowest BCUT2D eigenvalue weighted by Gasteiger charge is -2.33. The molecule has 0 unspecified atom stereocenters. The first-order valence-corrected chi connectivity index (χ1v) is 5.16. The number of carbonyl (C=O) groups excluding carboxylic acids is 1. The van der Waals surface area contributed by atoms with Crippen LogP contribution in [-0.4, -0.2) is 42.5 Å². The predicted molar refractivity (Wildman–Crippen MR) is 58.8 cm³/mol. The third-order valence-electron chi connectivity index (χ3n) is 2.69. The summed E-state index contributed by atoms with van der Waals surface area (Å²) in [5.41, 5.74) is 1.22. The average molecular weight is 205 g/mol. The molecule has 0 spiro atoms. The summed E-state index contributed by atoms with van der Waals surface area (Å²) in [4.78, 5) is 18.9. The third kappa shape index (κ3) is 2.26. The van der Waals surface area contributed by atoms with Crippen molar-refractivity contribution < 1.29 is 4.79 Å². The maximum absolute atomic E-state index is 10.5. The molecule has 15 heavy (non-hydrogen) atoms. The van der Waals surface area contributed by atoms with Crippen molar-refractivity contribution in [1.29, 1.82) is 0 Å². The van der Waals surface area contributed by atoms with Crippen LogP contribution in [0.2, 0.25) is 0 Å². The molecule has 1 saturated heterocycles. The van der Waals surface area contributed by atoms with E-state index in [1.807, 2.05) is 12.3 Å². The van der Waals surface area contributed by atoms with Crippen LogP contribution >= 0.6 is 0 Å². The summed E-state index contributed by atoms with van der Waals surface area (Å²) in [6, 6.07) is 4.07. The number of pyridine rings is 1. The summed E-state index contributed by atoms with van der Waals surface area (Å²) in [5.74, 6) is 1.01. The Balaban J connectivity index is 2.04. The van der Waals surface area contributed by atoms with Gasteiger partial charge in [0, 0.05) is 32.4 Å². The topological polar surface area (TPSA) is 36.4 Å². The number of amides is 1. The smallest absolute Gasteiger partial charge is 0.209 e. The molecule has 4 heteroatoms. The molecule has 80 valence electrons. The lowest BCUT2D eigenvalue weighted by atomic mass is 10.2. The maximum Gasteiger partial charge on any atom is 0.209 e. The Morgan fingerprint density at radius 1 is 1.33 bits per heavy atom. The molecular formula is C11H15N3O. The van der Waals surface area contributed by atoms with Crippen molar-refractivity contribution in [3.05, 3.63) is 23.9 Å². The van der Waals surface area contributed by atoms with Crippen molar-refractivity contribution in [3.8, 4) is 0 Å². The van der Waals surface area contributed by atoms with Crippen LogP contribution in [-0.2, 0) is 4.79 Å². The van der Waals surface area contributed by atoms with Gasteiger partial charge in [0.15, 0.2) is 0 Å². The van der Waals surface area contributed by atoms with Crippen LogP contribution < -0.4 is 4.90 Å². The quantitative estimate of drug-likeness (QED) is 0.666. The van der Waals surface area contributed by atoms with Gasteiger partial charge in [0.05, 0.1) is 0 Å². The van der Waals surface area contributed by atoms with Crippen molar-refractivity contribution in [2.45, 2.75) is 6.92 Å². The largest absolute Gasteiger partial charge is 0.353 e. The highest BCUT2D eigenvalue weighted by atomic mass is 16.1. The SMILES string of the molecule is Cc1ccnc(N2CCN(C=O)CC2)c1. The van der Waals surface area contributed by atoms with Gasteiger partial charge in [0.1, 0.15) is 5.82 Å². The van der Waals surface area contributed by atoms with Crippen LogP contribution in [0.1, 0.15) is 5.56 Å². The summed E-state index contributed by atoms with van der Waals surface area (Å²) in [6.45, 7) is 5.38. The fraction of sp³-hybridized carbons (Fsp3) is 0.455. The summed E-state index contributed by atoms with van der Waals surface area (Å²) >= 11 is 0. The van der Waals surface area contributed by atoms with E-state index in [1.165, 1.54) is 5.56 Å². The molecule has 2 heterocycles. The Hall–Kier alpha value is -1.58. The molecule has 1 aliphatic rings. The standard InChI is InChI=1S/C11H15N3O/c1-10-2-3-12-11(8-10)14-6-4-13(9-15)5-7-14/h2-3,8-9H,4-7H2,1H3. The van der Waals surface area contributed by atoms with E-state index < -0.39 is 0 Å². The second-order valence-electron chi connectivity index (χ2n) is 3.82. The maximum atomic E-state index is 10.5. The van der Waals surface area contributed by atoms with Crippen LogP contribution in [0, 0.1) is 6.92 Å². The van der Waals surface area contributed by atoms with E-state index in [2.05, 4.69) is 22.9 Å². The molecule has 0 atom stereocenters. The lowest BCUT2D eigenvalue weighted by molar-refractivity contribution is -0.118. The number of anilines is 1. The molecule has 0 N–H and O–H groups in total. The highest BCUT2D eigenvalue weighted by Crippen LogP contribution is 2.13. The number of piperazine rings is 1. The fourth-order valence-corrected chi connectivity index (χ4v) is 1.75. The zero-order valence-electron chi connectivity index (χ0n) is 8.89. The van der Waals surface area contributed by atoms with Gasteiger partial charge in [-0.05, 0) is 24.6 Å². The average Bonchev–Trinajstić information content (AvgIpc) is 2.29. The molecular weight excluding hydrogens is 190 g/mol. The van der Waals surface area contributed by atoms with Gasteiger partial charge in [-0.2, -0.15) is 0 Å². The van der Waals surface area contributed by atoms with Gasteiger partial charge in [-0.15, -0.1) is 0 Å². The Labute approximate surface area is 89.5 Å². The van der Waals surface area contributed by atoms with Crippen molar-refractivity contribution in [2.75, 3.05) is 31.1 Å². The Morgan fingerprint density at radius 3 is 2.67 bits per heavy atom. The minimum atomic E-state index is 0.791. The van der Waals surface area contributed by atoms with Gasteiger partial charge >= 0.3 is 0 Å². The summed E-state index contributed by atoms with van der Waals surface area (Å²) < 4.78 is 0. The van der Waals surface area contributed by atoms with Gasteiger partial charge in [-0.1, -0.05) is 0 Å². The molecule has 0 bridgehead atoms. The van der Waals surface area contributed by atoms with Gasteiger partial charge in [0.2, 0.25) is 6.41 Å². The van der Waals surface area contributed by atoms with E-state index in [9.17, 15) is 4.79 Å². The minimum absolute atomic E-state index is 0.791. The molecule has 0 aliphatic carbocycles. The predicted octanol–water partition coefficient (Wildman–Crippen LogP) is 0.668. The molecule has 0 aromatic carbocycles. The van der Waals surface area contributed by atoms with Gasteiger partial charge in [0.25, 0.3) is 0 Å². The molecule has 1 aromatic heterocycles. The van der Waals surface area contributed by atoms with Crippen LogP contribution in [0.15, 0.2) is 18.3 Å². The molecule has 2 rings (SSSR count). The first kappa shape index (κ1) is 9.96. The van der Waals surface area contributed by atoms with E-state index in [0.717, 1.165) is 38.4 Å². The lowest BCUT2D eigenvalue weighted by Crippen LogP contribution is -2.46. The normalized spacial score (nSPS) is 16.6. The minimum Gasteiger partial charge on any atom is -0.353 e. The molecule has 1 fully saturated rings. The fourth-order valence-electron chi connectivity index (χ4n) is 1.75. The number of hydrogen-bond donors (Lipinski definition) is 0. The third-order valence-corrected chi connectivity index (χ3v) is 2.69. The van der Waals surface area contributed by atoms with E-state index in [0.29, 0.717) is 0 Å². The van der Waals surface area contributed by atoms with Gasteiger partial charge in [-0.3, -0.25) is 4.79 Å². The number of hydrogen-bond acceptors (Lipinski definition) is 3. The summed E-state index contributed by atoms with van der Waals surface area (Å²) in [5, 5.41) is 0. The van der Waals surface area contributed by atoms with Crippen molar-refractivity contribution in [2.24, 2.45) is 0 Å². The van der Waals surface area contributed by atoms with Gasteiger partial charge in [-0.25, -0.2) is 4.98 Å². The number of aryl methyl sites for hydroxylation is 1. The van der Waals surface area contributed by atoms with E-state index >= 15 is 0 Å². The molecule has 4 nitrogen and oxygen atoms in total. The Bertz CT molecular complexity index is 345. The van der Waals surface area contributed by atoms with Crippen LogP contribution in [0.5, 0.6) is 0 Å². The van der Waals surface area contributed by atoms with E-state index in [1.54, 1.807) is 4.90 Å². The highest BCUT2D eigenvalue weighted by Gasteiger charge is 2.16. The number of aromatic nitrogens is 1. The van der Waals surface area contributed by atoms with Crippen molar-refractivity contribution >= 4 is 12.2 Å². The Kier molecular flexibility index (Phi) is 2.85. The van der Waals surface area contributed by atoms with E-state index in [-0.39, 0.29) is 0 Å². The van der Waals surface area contributed by atoms with Crippen molar-refractivity contribution in [3.63, 3.8) is 0 Å². The van der Waals surface area contributed by atoms with E-state index in [4.69, 9.17) is 0 Å². The zero-order valence-corrected chi connectivity index (χ0v) is 8.89. The monoisotopic (exact) mass is 205 g/mol. The molecule has 0 saturated carbocycles. The molecule has 1 amide bonds. The molecule has 0 radical (unpaired) electrons. The number of nitrogens with zero attached hydrogens (tertiary/aromatic N) is 3. The van der Waals surface area contributed by atoms with Crippen LogP contribution in [0.4, 0.5) is 5.82 Å². The number of carbonyl (C=O) groups is 1. The van der Waals surface area contributed by atoms with Gasteiger partial charge < -0.3 is 9.80 Å².